The summed E-state index contributed by atoms with van der Waals surface area (Å²) in [4.78, 5) is 10.8. The quantitative estimate of drug-likeness (QED) is 0.693. The van der Waals surface area contributed by atoms with E-state index in [0.717, 1.165) is 7.88 Å². The molecule has 19 heavy (non-hydrogen) atoms. The number of benzene rings is 1. The Morgan fingerprint density at radius 1 is 1.37 bits per heavy atom. The fraction of sp³-hybridized carbons (Fsp3) is 0.364. The van der Waals surface area contributed by atoms with Crippen molar-refractivity contribution in [2.24, 2.45) is 0 Å². The molecule has 0 saturated heterocycles. The van der Waals surface area contributed by atoms with E-state index in [1.165, 1.54) is 19.2 Å². The maximum atomic E-state index is 12.3. The van der Waals surface area contributed by atoms with E-state index in [0.29, 0.717) is 0 Å². The lowest BCUT2D eigenvalue weighted by atomic mass is 10.4. The van der Waals surface area contributed by atoms with Gasteiger partial charge in [-0.3, -0.25) is 4.79 Å². The van der Waals surface area contributed by atoms with Gasteiger partial charge in [0, 0.05) is 17.2 Å². The Morgan fingerprint density at radius 3 is 2.42 bits per heavy atom. The van der Waals surface area contributed by atoms with E-state index < -0.39 is 22.5 Å². The summed E-state index contributed by atoms with van der Waals surface area (Å²) >= 11 is 2.06. The summed E-state index contributed by atoms with van der Waals surface area (Å²) < 4.78 is 31.2. The summed E-state index contributed by atoms with van der Waals surface area (Å²) in [5, 5.41) is 8.79. The minimum Gasteiger partial charge on any atom is -0.480 e. The molecule has 1 aromatic rings. The van der Waals surface area contributed by atoms with E-state index in [1.807, 2.05) is 0 Å². The van der Waals surface area contributed by atoms with Crippen molar-refractivity contribution in [3.05, 3.63) is 27.8 Å². The fourth-order valence-corrected chi connectivity index (χ4v) is 3.12. The number of hydrogen-bond donors (Lipinski definition) is 1. The van der Waals surface area contributed by atoms with Crippen molar-refractivity contribution in [2.75, 3.05) is 26.8 Å². The van der Waals surface area contributed by atoms with Crippen LogP contribution in [-0.4, -0.2) is 50.6 Å². The van der Waals surface area contributed by atoms with Gasteiger partial charge in [0.1, 0.15) is 6.54 Å². The molecule has 0 amide bonds. The third kappa shape index (κ3) is 4.71. The minimum absolute atomic E-state index is 0.00286. The first-order valence-corrected chi connectivity index (χ1v) is 7.86. The monoisotopic (exact) mass is 399 g/mol. The first-order valence-electron chi connectivity index (χ1n) is 5.34. The number of halogens is 1. The molecule has 8 heteroatoms. The van der Waals surface area contributed by atoms with E-state index in [9.17, 15) is 13.2 Å². The van der Waals surface area contributed by atoms with Gasteiger partial charge in [0.2, 0.25) is 10.0 Å². The zero-order valence-electron chi connectivity index (χ0n) is 10.2. The van der Waals surface area contributed by atoms with Crippen LogP contribution in [0.1, 0.15) is 0 Å². The molecule has 0 bridgehead atoms. The highest BCUT2D eigenvalue weighted by Gasteiger charge is 2.26. The van der Waals surface area contributed by atoms with Gasteiger partial charge in [-0.05, 0) is 46.9 Å². The van der Waals surface area contributed by atoms with Crippen molar-refractivity contribution in [1.29, 1.82) is 0 Å². The molecule has 0 saturated carbocycles. The van der Waals surface area contributed by atoms with Crippen LogP contribution in [0.5, 0.6) is 0 Å². The number of nitrogens with zero attached hydrogens (tertiary/aromatic N) is 1. The summed E-state index contributed by atoms with van der Waals surface area (Å²) in [6.07, 6.45) is 0. The van der Waals surface area contributed by atoms with Crippen LogP contribution in [-0.2, 0) is 19.6 Å². The zero-order valence-corrected chi connectivity index (χ0v) is 13.2. The molecule has 1 N–H and O–H groups in total. The van der Waals surface area contributed by atoms with Gasteiger partial charge in [-0.1, -0.05) is 0 Å². The highest BCUT2D eigenvalue weighted by molar-refractivity contribution is 14.1. The summed E-state index contributed by atoms with van der Waals surface area (Å²) in [6, 6.07) is 6.23. The maximum Gasteiger partial charge on any atom is 0.318 e. The second-order valence-electron chi connectivity index (χ2n) is 3.68. The summed E-state index contributed by atoms with van der Waals surface area (Å²) in [5.41, 5.74) is 0. The van der Waals surface area contributed by atoms with E-state index in [-0.39, 0.29) is 18.0 Å². The van der Waals surface area contributed by atoms with Gasteiger partial charge in [0.25, 0.3) is 0 Å². The van der Waals surface area contributed by atoms with Crippen molar-refractivity contribution in [3.8, 4) is 0 Å². The van der Waals surface area contributed by atoms with E-state index in [4.69, 9.17) is 9.84 Å². The lowest BCUT2D eigenvalue weighted by Crippen LogP contribution is -2.37. The predicted octanol–water partition coefficient (Wildman–Crippen LogP) is 1.01. The van der Waals surface area contributed by atoms with E-state index >= 15 is 0 Å². The zero-order chi connectivity index (χ0) is 14.5. The van der Waals surface area contributed by atoms with Gasteiger partial charge in [0.15, 0.2) is 0 Å². The summed E-state index contributed by atoms with van der Waals surface area (Å²) in [7, 11) is -2.39. The molecule has 0 heterocycles. The van der Waals surface area contributed by atoms with Gasteiger partial charge in [-0.25, -0.2) is 8.42 Å². The third-order valence-corrected chi connectivity index (χ3v) is 4.89. The van der Waals surface area contributed by atoms with Gasteiger partial charge >= 0.3 is 5.97 Å². The molecule has 0 aliphatic rings. The van der Waals surface area contributed by atoms with Gasteiger partial charge < -0.3 is 9.84 Å². The lowest BCUT2D eigenvalue weighted by Gasteiger charge is -2.19. The molecular weight excluding hydrogens is 385 g/mol. The van der Waals surface area contributed by atoms with E-state index in [2.05, 4.69) is 22.6 Å². The first kappa shape index (κ1) is 16.3. The van der Waals surface area contributed by atoms with Crippen LogP contribution in [0.25, 0.3) is 0 Å². The summed E-state index contributed by atoms with van der Waals surface area (Å²) in [6.45, 7) is -0.453. The number of carboxylic acid groups (broad SMARTS) is 1. The molecule has 0 aliphatic carbocycles. The largest absolute Gasteiger partial charge is 0.480 e. The van der Waals surface area contributed by atoms with Crippen LogP contribution in [0.4, 0.5) is 0 Å². The Hall–Kier alpha value is -0.710. The molecule has 0 unspecified atom stereocenters. The molecule has 0 atom stereocenters. The summed E-state index contributed by atoms with van der Waals surface area (Å²) in [5.74, 6) is -1.20. The van der Waals surface area contributed by atoms with Gasteiger partial charge in [-0.2, -0.15) is 4.31 Å². The number of methoxy groups -OCH3 is 1. The SMILES string of the molecule is COCCN(CC(=O)O)S(=O)(=O)c1ccc(I)cc1. The highest BCUT2D eigenvalue weighted by Crippen LogP contribution is 2.17. The van der Waals surface area contributed by atoms with Crippen molar-refractivity contribution < 1.29 is 23.1 Å². The number of hydrogen-bond acceptors (Lipinski definition) is 4. The molecule has 0 aromatic heterocycles. The predicted molar refractivity (Wildman–Crippen MR) is 77.4 cm³/mol. The van der Waals surface area contributed by atoms with Crippen LogP contribution in [0.15, 0.2) is 29.2 Å². The molecule has 0 fully saturated rings. The van der Waals surface area contributed by atoms with Gasteiger partial charge in [0.05, 0.1) is 11.5 Å². The van der Waals surface area contributed by atoms with E-state index in [1.54, 1.807) is 12.1 Å². The molecule has 0 spiro atoms. The fourth-order valence-electron chi connectivity index (χ4n) is 1.38. The Morgan fingerprint density at radius 2 is 1.95 bits per heavy atom. The normalized spacial score (nSPS) is 11.7. The topological polar surface area (TPSA) is 83.9 Å². The van der Waals surface area contributed by atoms with Crippen LogP contribution >= 0.6 is 22.6 Å². The Labute approximate surface area is 125 Å². The molecule has 1 rings (SSSR count). The van der Waals surface area contributed by atoms with Crippen LogP contribution in [0.2, 0.25) is 0 Å². The van der Waals surface area contributed by atoms with Crippen molar-refractivity contribution >= 4 is 38.6 Å². The van der Waals surface area contributed by atoms with Crippen molar-refractivity contribution in [3.63, 3.8) is 0 Å². The average Bonchev–Trinajstić information content (AvgIpc) is 2.34. The van der Waals surface area contributed by atoms with Gasteiger partial charge in [-0.15, -0.1) is 0 Å². The average molecular weight is 399 g/mol. The second-order valence-corrected chi connectivity index (χ2v) is 6.86. The van der Waals surface area contributed by atoms with Crippen LogP contribution in [0.3, 0.4) is 0 Å². The third-order valence-electron chi connectivity index (χ3n) is 2.31. The number of sulfonamides is 1. The maximum absolute atomic E-state index is 12.3. The van der Waals surface area contributed by atoms with Crippen LogP contribution in [0, 0.1) is 3.57 Å². The standard InChI is InChI=1S/C11H14INO5S/c1-18-7-6-13(8-11(14)15)19(16,17)10-4-2-9(12)3-5-10/h2-5H,6-8H2,1H3,(H,14,15). The number of aliphatic carboxylic acids is 1. The molecule has 106 valence electrons. The molecule has 1 aromatic carbocycles. The smallest absolute Gasteiger partial charge is 0.318 e. The molecular formula is C11H14INO5S. The minimum atomic E-state index is -3.82. The first-order chi connectivity index (χ1) is 8.87. The lowest BCUT2D eigenvalue weighted by molar-refractivity contribution is -0.137. The number of rotatable bonds is 7. The number of carboxylic acids is 1. The molecule has 0 aliphatic heterocycles. The second kappa shape index (κ2) is 7.17. The van der Waals surface area contributed by atoms with Crippen LogP contribution < -0.4 is 0 Å². The Kier molecular flexibility index (Phi) is 6.17. The molecule has 0 radical (unpaired) electrons. The Balaban J connectivity index is 3.03. The van der Waals surface area contributed by atoms with Crippen molar-refractivity contribution in [2.45, 2.75) is 4.90 Å². The number of carbonyl (C=O) groups is 1. The van der Waals surface area contributed by atoms with Crippen molar-refractivity contribution in [1.82, 2.24) is 4.31 Å². The number of ether oxygens (including phenoxy) is 1. The molecule has 6 nitrogen and oxygen atoms in total. The highest BCUT2D eigenvalue weighted by atomic mass is 127. The Bertz CT molecular complexity index is 529.